The van der Waals surface area contributed by atoms with Gasteiger partial charge in [-0.25, -0.2) is 23.1 Å². The standard InChI is InChI=1S/C12H12ClN3O3S/c13-12-14-6-10(7-15-12)20(18,19)16-11(8-17)9-4-2-1-3-5-9/h1-7,11,16-17H,8H2/t11-/m1/s1. The lowest BCUT2D eigenvalue weighted by Gasteiger charge is -2.16. The topological polar surface area (TPSA) is 92.2 Å². The van der Waals surface area contributed by atoms with Gasteiger partial charge in [0.05, 0.1) is 25.0 Å². The average Bonchev–Trinajstić information content (AvgIpc) is 2.46. The van der Waals surface area contributed by atoms with Crippen LogP contribution in [-0.2, 0) is 10.0 Å². The fraction of sp³-hybridized carbons (Fsp3) is 0.167. The lowest BCUT2D eigenvalue weighted by Crippen LogP contribution is -2.31. The first-order chi connectivity index (χ1) is 9.53. The minimum atomic E-state index is -3.83. The van der Waals surface area contributed by atoms with E-state index in [9.17, 15) is 13.5 Å². The zero-order chi connectivity index (χ0) is 14.6. The summed E-state index contributed by atoms with van der Waals surface area (Å²) in [6.45, 7) is -0.363. The molecule has 0 radical (unpaired) electrons. The molecule has 2 rings (SSSR count). The molecule has 0 saturated heterocycles. The van der Waals surface area contributed by atoms with Gasteiger partial charge in [0.15, 0.2) is 0 Å². The van der Waals surface area contributed by atoms with E-state index < -0.39 is 16.1 Å². The summed E-state index contributed by atoms with van der Waals surface area (Å²) in [5.41, 5.74) is 0.661. The maximum atomic E-state index is 12.1. The van der Waals surface area contributed by atoms with Crippen molar-refractivity contribution in [1.82, 2.24) is 14.7 Å². The molecule has 0 bridgehead atoms. The number of halogens is 1. The van der Waals surface area contributed by atoms with Crippen molar-refractivity contribution in [3.8, 4) is 0 Å². The van der Waals surface area contributed by atoms with Gasteiger partial charge >= 0.3 is 0 Å². The smallest absolute Gasteiger partial charge is 0.244 e. The number of rotatable bonds is 5. The molecule has 0 spiro atoms. The molecule has 0 saturated carbocycles. The van der Waals surface area contributed by atoms with Crippen LogP contribution in [0.25, 0.3) is 0 Å². The first kappa shape index (κ1) is 14.9. The number of aromatic nitrogens is 2. The van der Waals surface area contributed by atoms with Crippen molar-refractivity contribution in [1.29, 1.82) is 0 Å². The molecule has 6 nitrogen and oxygen atoms in total. The highest BCUT2D eigenvalue weighted by Gasteiger charge is 2.21. The van der Waals surface area contributed by atoms with Gasteiger partial charge in [-0.1, -0.05) is 30.3 Å². The molecule has 1 aromatic carbocycles. The highest BCUT2D eigenvalue weighted by atomic mass is 35.5. The van der Waals surface area contributed by atoms with Crippen LogP contribution >= 0.6 is 11.6 Å². The predicted octanol–water partition coefficient (Wildman–Crippen LogP) is 1.14. The van der Waals surface area contributed by atoms with Crippen molar-refractivity contribution in [2.45, 2.75) is 10.9 Å². The summed E-state index contributed by atoms with van der Waals surface area (Å²) in [5, 5.41) is 9.32. The lowest BCUT2D eigenvalue weighted by molar-refractivity contribution is 0.259. The van der Waals surface area contributed by atoms with Gasteiger partial charge in [-0.2, -0.15) is 0 Å². The number of nitrogens with one attached hydrogen (secondary N) is 1. The molecule has 0 aliphatic carbocycles. The second-order valence-corrected chi connectivity index (χ2v) is 6.01. The Kier molecular flexibility index (Phi) is 4.66. The molecule has 0 aliphatic heterocycles. The molecule has 1 heterocycles. The quantitative estimate of drug-likeness (QED) is 0.808. The van der Waals surface area contributed by atoms with Crippen LogP contribution in [0.4, 0.5) is 0 Å². The SMILES string of the molecule is O=S(=O)(N[C@H](CO)c1ccccc1)c1cnc(Cl)nc1. The number of sulfonamides is 1. The Balaban J connectivity index is 2.24. The molecule has 20 heavy (non-hydrogen) atoms. The number of hydrogen-bond donors (Lipinski definition) is 2. The molecule has 2 aromatic rings. The number of benzene rings is 1. The zero-order valence-corrected chi connectivity index (χ0v) is 11.8. The zero-order valence-electron chi connectivity index (χ0n) is 10.3. The van der Waals surface area contributed by atoms with E-state index in [0.717, 1.165) is 12.4 Å². The molecule has 1 atom stereocenters. The molecule has 0 amide bonds. The van der Waals surface area contributed by atoms with Crippen LogP contribution in [0.2, 0.25) is 5.28 Å². The third-order valence-corrected chi connectivity index (χ3v) is 4.21. The minimum Gasteiger partial charge on any atom is -0.394 e. The van der Waals surface area contributed by atoms with Crippen LogP contribution in [-0.4, -0.2) is 30.1 Å². The maximum absolute atomic E-state index is 12.1. The van der Waals surface area contributed by atoms with E-state index in [1.165, 1.54) is 0 Å². The molecule has 8 heteroatoms. The van der Waals surface area contributed by atoms with E-state index in [0.29, 0.717) is 5.56 Å². The lowest BCUT2D eigenvalue weighted by atomic mass is 10.1. The summed E-state index contributed by atoms with van der Waals surface area (Å²) in [5.74, 6) is 0. The van der Waals surface area contributed by atoms with Crippen LogP contribution in [0.3, 0.4) is 0 Å². The van der Waals surface area contributed by atoms with E-state index in [-0.39, 0.29) is 16.8 Å². The first-order valence-electron chi connectivity index (χ1n) is 5.68. The van der Waals surface area contributed by atoms with Gasteiger partial charge in [0, 0.05) is 0 Å². The van der Waals surface area contributed by atoms with E-state index in [4.69, 9.17) is 11.6 Å². The monoisotopic (exact) mass is 313 g/mol. The van der Waals surface area contributed by atoms with Gasteiger partial charge in [-0.3, -0.25) is 0 Å². The van der Waals surface area contributed by atoms with Gasteiger partial charge < -0.3 is 5.11 Å². The molecular weight excluding hydrogens is 302 g/mol. The largest absolute Gasteiger partial charge is 0.394 e. The fourth-order valence-electron chi connectivity index (χ4n) is 1.59. The van der Waals surface area contributed by atoms with Gasteiger partial charge in [0.2, 0.25) is 15.3 Å². The van der Waals surface area contributed by atoms with Crippen molar-refractivity contribution in [2.24, 2.45) is 0 Å². The molecule has 0 aliphatic rings. The number of aliphatic hydroxyl groups excluding tert-OH is 1. The first-order valence-corrected chi connectivity index (χ1v) is 7.55. The Morgan fingerprint density at radius 3 is 2.35 bits per heavy atom. The van der Waals surface area contributed by atoms with E-state index in [1.54, 1.807) is 30.3 Å². The average molecular weight is 314 g/mol. The maximum Gasteiger partial charge on any atom is 0.244 e. The number of hydrogen-bond acceptors (Lipinski definition) is 5. The van der Waals surface area contributed by atoms with Crippen molar-refractivity contribution >= 4 is 21.6 Å². The highest BCUT2D eigenvalue weighted by molar-refractivity contribution is 7.89. The van der Waals surface area contributed by atoms with Gasteiger partial charge in [-0.05, 0) is 17.2 Å². The van der Waals surface area contributed by atoms with E-state index in [2.05, 4.69) is 14.7 Å². The number of nitrogens with zero attached hydrogens (tertiary/aromatic N) is 2. The summed E-state index contributed by atoms with van der Waals surface area (Å²) in [6, 6.07) is 8.04. The fourth-order valence-corrected chi connectivity index (χ4v) is 2.79. The third-order valence-electron chi connectivity index (χ3n) is 2.59. The summed E-state index contributed by atoms with van der Waals surface area (Å²) in [7, 11) is -3.83. The van der Waals surface area contributed by atoms with Gasteiger partial charge in [-0.15, -0.1) is 0 Å². The van der Waals surface area contributed by atoms with Gasteiger partial charge in [0.1, 0.15) is 4.90 Å². The Labute approximate surface area is 121 Å². The van der Waals surface area contributed by atoms with Gasteiger partial charge in [0.25, 0.3) is 0 Å². The molecule has 106 valence electrons. The highest BCUT2D eigenvalue weighted by Crippen LogP contribution is 2.16. The Hall–Kier alpha value is -1.54. The van der Waals surface area contributed by atoms with Crippen LogP contribution in [0.1, 0.15) is 11.6 Å². The third kappa shape index (κ3) is 3.51. The Morgan fingerprint density at radius 1 is 1.20 bits per heavy atom. The summed E-state index contributed by atoms with van der Waals surface area (Å²) < 4.78 is 26.7. The molecule has 0 fully saturated rings. The Bertz CT molecular complexity index is 662. The van der Waals surface area contributed by atoms with Crippen molar-refractivity contribution in [3.63, 3.8) is 0 Å². The Morgan fingerprint density at radius 2 is 1.80 bits per heavy atom. The molecule has 0 unspecified atom stereocenters. The van der Waals surface area contributed by atoms with Crippen LogP contribution in [0.5, 0.6) is 0 Å². The normalized spacial score (nSPS) is 13.1. The molecular formula is C12H12ClN3O3S. The predicted molar refractivity (Wildman–Crippen MR) is 73.6 cm³/mol. The number of aliphatic hydroxyl groups is 1. The second-order valence-electron chi connectivity index (χ2n) is 3.95. The second kappa shape index (κ2) is 6.27. The minimum absolute atomic E-state index is 0.0364. The van der Waals surface area contributed by atoms with E-state index in [1.807, 2.05) is 0 Å². The van der Waals surface area contributed by atoms with E-state index >= 15 is 0 Å². The van der Waals surface area contributed by atoms with Crippen LogP contribution < -0.4 is 4.72 Å². The van der Waals surface area contributed by atoms with Crippen molar-refractivity contribution < 1.29 is 13.5 Å². The molecule has 1 aromatic heterocycles. The summed E-state index contributed by atoms with van der Waals surface area (Å²) in [6.07, 6.45) is 2.22. The van der Waals surface area contributed by atoms with Crippen LogP contribution in [0.15, 0.2) is 47.6 Å². The summed E-state index contributed by atoms with van der Waals surface area (Å²) in [4.78, 5) is 7.13. The molecule has 2 N–H and O–H groups in total. The summed E-state index contributed by atoms with van der Waals surface area (Å²) >= 11 is 5.51. The van der Waals surface area contributed by atoms with Crippen LogP contribution in [0, 0.1) is 0 Å². The van der Waals surface area contributed by atoms with Crippen molar-refractivity contribution in [3.05, 3.63) is 53.6 Å². The van der Waals surface area contributed by atoms with Crippen molar-refractivity contribution in [2.75, 3.05) is 6.61 Å².